The summed E-state index contributed by atoms with van der Waals surface area (Å²) in [7, 11) is 1.93. The van der Waals surface area contributed by atoms with Crippen LogP contribution in [0.1, 0.15) is 45.1 Å². The second kappa shape index (κ2) is 7.35. The highest BCUT2D eigenvalue weighted by atomic mass is 19.1. The first kappa shape index (κ1) is 16.4. The van der Waals surface area contributed by atoms with Gasteiger partial charge in [-0.3, -0.25) is 0 Å². The molecule has 1 atom stereocenters. The summed E-state index contributed by atoms with van der Waals surface area (Å²) in [5.74, 6) is 1.48. The van der Waals surface area contributed by atoms with Crippen LogP contribution >= 0.6 is 0 Å². The van der Waals surface area contributed by atoms with Crippen LogP contribution in [0.4, 0.5) is 8.78 Å². The third kappa shape index (κ3) is 4.26. The molecule has 21 heavy (non-hydrogen) atoms. The van der Waals surface area contributed by atoms with Gasteiger partial charge in [0.1, 0.15) is 11.6 Å². The molecule has 3 heteroatoms. The van der Waals surface area contributed by atoms with Gasteiger partial charge in [0.2, 0.25) is 0 Å². The van der Waals surface area contributed by atoms with E-state index in [0.717, 1.165) is 11.8 Å². The van der Waals surface area contributed by atoms with E-state index < -0.39 is 0 Å². The Morgan fingerprint density at radius 3 is 2.29 bits per heavy atom. The molecule has 1 fully saturated rings. The van der Waals surface area contributed by atoms with E-state index in [0.29, 0.717) is 17.9 Å². The third-order valence-corrected chi connectivity index (χ3v) is 5.15. The molecule has 2 rings (SSSR count). The zero-order valence-corrected chi connectivity index (χ0v) is 13.3. The Labute approximate surface area is 127 Å². The van der Waals surface area contributed by atoms with Crippen LogP contribution in [0, 0.1) is 29.4 Å². The average Bonchev–Trinajstić information content (AvgIpc) is 2.48. The molecule has 0 aromatic heterocycles. The number of hydrogen-bond acceptors (Lipinski definition) is 1. The van der Waals surface area contributed by atoms with E-state index >= 15 is 0 Å². The summed E-state index contributed by atoms with van der Waals surface area (Å²) in [5.41, 5.74) is 0.486. The lowest BCUT2D eigenvalue weighted by Crippen LogP contribution is -2.38. The fourth-order valence-electron chi connectivity index (χ4n) is 3.66. The van der Waals surface area contributed by atoms with Crippen molar-refractivity contribution in [1.82, 2.24) is 5.32 Å². The van der Waals surface area contributed by atoms with Crippen molar-refractivity contribution in [3.05, 3.63) is 35.4 Å². The molecule has 118 valence electrons. The van der Waals surface area contributed by atoms with Crippen molar-refractivity contribution in [2.45, 2.75) is 52.0 Å². The lowest BCUT2D eigenvalue weighted by molar-refractivity contribution is 0.191. The predicted molar refractivity (Wildman–Crippen MR) is 83.2 cm³/mol. The summed E-state index contributed by atoms with van der Waals surface area (Å²) < 4.78 is 27.1. The lowest BCUT2D eigenvalue weighted by Gasteiger charge is -2.35. The smallest absolute Gasteiger partial charge is 0.126 e. The Bertz CT molecular complexity index is 451. The van der Waals surface area contributed by atoms with Crippen molar-refractivity contribution in [2.24, 2.45) is 17.8 Å². The van der Waals surface area contributed by atoms with Crippen LogP contribution in [-0.4, -0.2) is 13.1 Å². The molecule has 1 aliphatic rings. The van der Waals surface area contributed by atoms with E-state index in [9.17, 15) is 8.78 Å². The Hall–Kier alpha value is -0.960. The quantitative estimate of drug-likeness (QED) is 0.840. The van der Waals surface area contributed by atoms with Crippen molar-refractivity contribution in [2.75, 3.05) is 7.05 Å². The minimum absolute atomic E-state index is 0.231. The topological polar surface area (TPSA) is 12.0 Å². The summed E-state index contributed by atoms with van der Waals surface area (Å²) in [4.78, 5) is 0. The standard InChI is InChI=1S/C18H27F2N/c1-12(2)13-4-6-14(7-5-13)18(21-3)11-15-10-16(19)8-9-17(15)20/h8-10,12-14,18,21H,4-7,11H2,1-3H3. The minimum Gasteiger partial charge on any atom is -0.316 e. The number of nitrogens with one attached hydrogen (secondary N) is 1. The number of halogens is 2. The first-order valence-electron chi connectivity index (χ1n) is 8.12. The summed E-state index contributed by atoms with van der Waals surface area (Å²) in [5, 5.41) is 3.32. The van der Waals surface area contributed by atoms with E-state index in [4.69, 9.17) is 0 Å². The number of rotatable bonds is 5. The summed E-state index contributed by atoms with van der Waals surface area (Å²) in [6.07, 6.45) is 5.45. The Balaban J connectivity index is 1.99. The number of hydrogen-bond donors (Lipinski definition) is 1. The van der Waals surface area contributed by atoms with E-state index in [2.05, 4.69) is 19.2 Å². The first-order chi connectivity index (χ1) is 10.0. The van der Waals surface area contributed by atoms with Crippen molar-refractivity contribution >= 4 is 0 Å². The van der Waals surface area contributed by atoms with Gasteiger partial charge in [0.15, 0.2) is 0 Å². The maximum absolute atomic E-state index is 13.8. The van der Waals surface area contributed by atoms with Crippen molar-refractivity contribution < 1.29 is 8.78 Å². The van der Waals surface area contributed by atoms with Gasteiger partial charge in [-0.15, -0.1) is 0 Å². The lowest BCUT2D eigenvalue weighted by atomic mass is 9.73. The Morgan fingerprint density at radius 1 is 1.10 bits per heavy atom. The van der Waals surface area contributed by atoms with Gasteiger partial charge >= 0.3 is 0 Å². The fraction of sp³-hybridized carbons (Fsp3) is 0.667. The van der Waals surface area contributed by atoms with Crippen LogP contribution in [0.25, 0.3) is 0 Å². The van der Waals surface area contributed by atoms with Crippen molar-refractivity contribution in [3.63, 3.8) is 0 Å². The molecule has 0 amide bonds. The van der Waals surface area contributed by atoms with Gasteiger partial charge in [0.05, 0.1) is 0 Å². The molecular formula is C18H27F2N. The molecule has 1 N–H and O–H groups in total. The Morgan fingerprint density at radius 2 is 1.71 bits per heavy atom. The van der Waals surface area contributed by atoms with Gasteiger partial charge in [0.25, 0.3) is 0 Å². The minimum atomic E-state index is -0.357. The van der Waals surface area contributed by atoms with Crippen LogP contribution < -0.4 is 5.32 Å². The zero-order chi connectivity index (χ0) is 15.4. The molecular weight excluding hydrogens is 268 g/mol. The molecule has 1 aromatic rings. The molecule has 1 aromatic carbocycles. The second-order valence-corrected chi connectivity index (χ2v) is 6.75. The first-order valence-corrected chi connectivity index (χ1v) is 8.12. The molecule has 1 nitrogen and oxygen atoms in total. The SMILES string of the molecule is CNC(Cc1cc(F)ccc1F)C1CCC(C(C)C)CC1. The molecule has 0 heterocycles. The number of likely N-dealkylation sites (N-methyl/N-ethyl adjacent to an activating group) is 1. The molecule has 0 bridgehead atoms. The van der Waals surface area contributed by atoms with Gasteiger partial charge < -0.3 is 5.32 Å². The van der Waals surface area contributed by atoms with Gasteiger partial charge in [0, 0.05) is 6.04 Å². The molecule has 0 spiro atoms. The van der Waals surface area contributed by atoms with E-state index in [-0.39, 0.29) is 17.7 Å². The van der Waals surface area contributed by atoms with Crippen LogP contribution in [0.3, 0.4) is 0 Å². The fourth-order valence-corrected chi connectivity index (χ4v) is 3.66. The highest BCUT2D eigenvalue weighted by molar-refractivity contribution is 5.20. The second-order valence-electron chi connectivity index (χ2n) is 6.75. The van der Waals surface area contributed by atoms with E-state index in [1.54, 1.807) is 0 Å². The normalized spacial score (nSPS) is 24.3. The van der Waals surface area contributed by atoms with Crippen LogP contribution in [0.2, 0.25) is 0 Å². The largest absolute Gasteiger partial charge is 0.316 e. The average molecular weight is 295 g/mol. The zero-order valence-electron chi connectivity index (χ0n) is 13.3. The van der Waals surface area contributed by atoms with E-state index in [1.807, 2.05) is 7.05 Å². The van der Waals surface area contributed by atoms with Gasteiger partial charge in [-0.05, 0) is 80.7 Å². The third-order valence-electron chi connectivity index (χ3n) is 5.15. The maximum Gasteiger partial charge on any atom is 0.126 e. The summed E-state index contributed by atoms with van der Waals surface area (Å²) >= 11 is 0. The molecule has 1 unspecified atom stereocenters. The molecule has 0 saturated heterocycles. The molecule has 0 radical (unpaired) electrons. The highest BCUT2D eigenvalue weighted by Crippen LogP contribution is 2.35. The number of benzene rings is 1. The molecule has 1 aliphatic carbocycles. The van der Waals surface area contributed by atoms with Crippen molar-refractivity contribution in [1.29, 1.82) is 0 Å². The maximum atomic E-state index is 13.8. The summed E-state index contributed by atoms with van der Waals surface area (Å²) in [6.45, 7) is 4.59. The van der Waals surface area contributed by atoms with Crippen LogP contribution in [0.5, 0.6) is 0 Å². The summed E-state index contributed by atoms with van der Waals surface area (Å²) in [6, 6.07) is 3.97. The van der Waals surface area contributed by atoms with Gasteiger partial charge in [-0.1, -0.05) is 13.8 Å². The van der Waals surface area contributed by atoms with Gasteiger partial charge in [-0.25, -0.2) is 8.78 Å². The predicted octanol–water partition coefficient (Wildman–Crippen LogP) is 4.56. The van der Waals surface area contributed by atoms with Gasteiger partial charge in [-0.2, -0.15) is 0 Å². The van der Waals surface area contributed by atoms with Crippen LogP contribution in [-0.2, 0) is 6.42 Å². The van der Waals surface area contributed by atoms with Crippen molar-refractivity contribution in [3.8, 4) is 0 Å². The Kier molecular flexibility index (Phi) is 5.74. The monoisotopic (exact) mass is 295 g/mol. The van der Waals surface area contributed by atoms with E-state index in [1.165, 1.54) is 43.9 Å². The highest BCUT2D eigenvalue weighted by Gasteiger charge is 2.28. The van der Waals surface area contributed by atoms with Crippen LogP contribution in [0.15, 0.2) is 18.2 Å². The molecule has 1 saturated carbocycles. The molecule has 0 aliphatic heterocycles.